The van der Waals surface area contributed by atoms with Crippen molar-refractivity contribution in [2.45, 2.75) is 38.1 Å². The lowest BCUT2D eigenvalue weighted by Crippen LogP contribution is -2.38. The maximum absolute atomic E-state index is 12.3. The van der Waals surface area contributed by atoms with Crippen LogP contribution in [0.25, 0.3) is 0 Å². The highest BCUT2D eigenvalue weighted by molar-refractivity contribution is 7.20. The summed E-state index contributed by atoms with van der Waals surface area (Å²) in [6.45, 7) is 0. The van der Waals surface area contributed by atoms with Crippen molar-refractivity contribution in [3.8, 4) is 0 Å². The molecule has 1 amide bonds. The summed E-state index contributed by atoms with van der Waals surface area (Å²) in [4.78, 5) is 14.1. The van der Waals surface area contributed by atoms with E-state index in [0.29, 0.717) is 20.3 Å². The van der Waals surface area contributed by atoms with Crippen molar-refractivity contribution in [3.05, 3.63) is 20.3 Å². The Kier molecular flexibility index (Phi) is 4.34. The highest BCUT2D eigenvalue weighted by Gasteiger charge is 2.25. The minimum atomic E-state index is -0.00921. The third kappa shape index (κ3) is 2.95. The van der Waals surface area contributed by atoms with Crippen LogP contribution in [-0.4, -0.2) is 23.9 Å². The Morgan fingerprint density at radius 1 is 1.35 bits per heavy atom. The second kappa shape index (κ2) is 5.59. The van der Waals surface area contributed by atoms with E-state index >= 15 is 0 Å². The number of rotatable bonds is 2. The second-order valence-electron chi connectivity index (χ2n) is 4.45. The van der Waals surface area contributed by atoms with Crippen LogP contribution < -0.4 is 0 Å². The van der Waals surface area contributed by atoms with E-state index < -0.39 is 0 Å². The quantitative estimate of drug-likeness (QED) is 0.788. The van der Waals surface area contributed by atoms with Gasteiger partial charge in [0.15, 0.2) is 0 Å². The molecule has 0 atom stereocenters. The monoisotopic (exact) mass is 291 g/mol. The summed E-state index contributed by atoms with van der Waals surface area (Å²) in [7, 11) is 1.86. The van der Waals surface area contributed by atoms with E-state index in [-0.39, 0.29) is 5.91 Å². The third-order valence-corrected chi connectivity index (χ3v) is 4.82. The van der Waals surface area contributed by atoms with Crippen molar-refractivity contribution in [1.82, 2.24) is 4.90 Å². The van der Waals surface area contributed by atoms with Crippen molar-refractivity contribution in [3.63, 3.8) is 0 Å². The molecule has 1 fully saturated rings. The van der Waals surface area contributed by atoms with Crippen LogP contribution in [0.5, 0.6) is 0 Å². The molecule has 2 nitrogen and oxygen atoms in total. The average Bonchev–Trinajstić information content (AvgIpc) is 2.68. The summed E-state index contributed by atoms with van der Waals surface area (Å²) in [5, 5.41) is 0. The normalized spacial score (nSPS) is 17.1. The van der Waals surface area contributed by atoms with Gasteiger partial charge in [0.25, 0.3) is 5.91 Å². The highest BCUT2D eigenvalue weighted by Crippen LogP contribution is 2.33. The van der Waals surface area contributed by atoms with Gasteiger partial charge in [0.2, 0.25) is 0 Å². The number of hydrogen-bond donors (Lipinski definition) is 0. The predicted molar refractivity (Wildman–Crippen MR) is 73.3 cm³/mol. The largest absolute Gasteiger partial charge is 0.339 e. The lowest BCUT2D eigenvalue weighted by atomic mass is 9.94. The van der Waals surface area contributed by atoms with Gasteiger partial charge in [-0.25, -0.2) is 0 Å². The van der Waals surface area contributed by atoms with Gasteiger partial charge < -0.3 is 4.90 Å². The van der Waals surface area contributed by atoms with Gasteiger partial charge in [-0.1, -0.05) is 42.5 Å². The Morgan fingerprint density at radius 3 is 2.53 bits per heavy atom. The van der Waals surface area contributed by atoms with Gasteiger partial charge in [-0.2, -0.15) is 0 Å². The Morgan fingerprint density at radius 2 is 2.00 bits per heavy atom. The summed E-state index contributed by atoms with van der Waals surface area (Å²) in [5.41, 5.74) is 0.537. The van der Waals surface area contributed by atoms with Gasteiger partial charge in [0.1, 0.15) is 4.34 Å². The molecule has 1 aliphatic rings. The molecule has 1 aliphatic carbocycles. The van der Waals surface area contributed by atoms with Gasteiger partial charge in [-0.15, -0.1) is 11.3 Å². The zero-order valence-corrected chi connectivity index (χ0v) is 12.0. The molecule has 2 rings (SSSR count). The van der Waals surface area contributed by atoms with E-state index in [4.69, 9.17) is 23.2 Å². The minimum absolute atomic E-state index is 0.00921. The summed E-state index contributed by atoms with van der Waals surface area (Å²) < 4.78 is 1.05. The molecule has 94 valence electrons. The molecule has 0 saturated heterocycles. The van der Waals surface area contributed by atoms with E-state index in [9.17, 15) is 4.79 Å². The first-order valence-electron chi connectivity index (χ1n) is 5.81. The molecule has 0 radical (unpaired) electrons. The first-order chi connectivity index (χ1) is 8.09. The molecule has 1 heterocycles. The summed E-state index contributed by atoms with van der Waals surface area (Å²) in [5.74, 6) is -0.00921. The lowest BCUT2D eigenvalue weighted by molar-refractivity contribution is 0.0697. The van der Waals surface area contributed by atoms with Crippen LogP contribution in [0.1, 0.15) is 42.5 Å². The highest BCUT2D eigenvalue weighted by atomic mass is 35.5. The maximum atomic E-state index is 12.3. The molecule has 0 aliphatic heterocycles. The topological polar surface area (TPSA) is 20.3 Å². The average molecular weight is 292 g/mol. The van der Waals surface area contributed by atoms with Crippen molar-refractivity contribution in [1.29, 1.82) is 0 Å². The van der Waals surface area contributed by atoms with Gasteiger partial charge in [-0.3, -0.25) is 4.79 Å². The third-order valence-electron chi connectivity index (χ3n) is 3.33. The summed E-state index contributed by atoms with van der Waals surface area (Å²) in [6.07, 6.45) is 5.89. The Labute approximate surface area is 116 Å². The van der Waals surface area contributed by atoms with Crippen LogP contribution in [0.3, 0.4) is 0 Å². The smallest absolute Gasteiger partial charge is 0.256 e. The fraction of sp³-hybridized carbons (Fsp3) is 0.583. The van der Waals surface area contributed by atoms with Crippen LogP contribution in [-0.2, 0) is 0 Å². The van der Waals surface area contributed by atoms with Crippen molar-refractivity contribution in [2.24, 2.45) is 0 Å². The number of halogens is 2. The molecule has 1 aromatic rings. The summed E-state index contributed by atoms with van der Waals surface area (Å²) >= 11 is 13.1. The second-order valence-corrected chi connectivity index (χ2v) is 6.73. The standard InChI is InChI=1S/C12H15Cl2NOS/c1-15(8-5-3-2-4-6-8)12(16)9-7-10(13)17-11(9)14/h7-8H,2-6H2,1H3. The molecule has 0 aromatic carbocycles. The van der Waals surface area contributed by atoms with Crippen LogP contribution in [0.4, 0.5) is 0 Å². The van der Waals surface area contributed by atoms with E-state index in [0.717, 1.165) is 12.8 Å². The van der Waals surface area contributed by atoms with Gasteiger partial charge in [0.05, 0.1) is 9.90 Å². The molecule has 1 aromatic heterocycles. The van der Waals surface area contributed by atoms with Crippen LogP contribution in [0, 0.1) is 0 Å². The van der Waals surface area contributed by atoms with Crippen molar-refractivity contribution in [2.75, 3.05) is 7.05 Å². The molecular weight excluding hydrogens is 277 g/mol. The number of amides is 1. The van der Waals surface area contributed by atoms with E-state index in [1.54, 1.807) is 6.07 Å². The van der Waals surface area contributed by atoms with Gasteiger partial charge in [-0.05, 0) is 18.9 Å². The first-order valence-corrected chi connectivity index (χ1v) is 7.39. The molecule has 5 heteroatoms. The Balaban J connectivity index is 2.11. The molecule has 0 bridgehead atoms. The lowest BCUT2D eigenvalue weighted by Gasteiger charge is -2.31. The zero-order chi connectivity index (χ0) is 12.4. The Bertz CT molecular complexity index is 413. The van der Waals surface area contributed by atoms with Gasteiger partial charge in [0, 0.05) is 13.1 Å². The maximum Gasteiger partial charge on any atom is 0.256 e. The number of carbonyl (C=O) groups is 1. The van der Waals surface area contributed by atoms with Crippen LogP contribution in [0.2, 0.25) is 8.67 Å². The fourth-order valence-corrected chi connectivity index (χ4v) is 3.76. The number of hydrogen-bond acceptors (Lipinski definition) is 2. The zero-order valence-electron chi connectivity index (χ0n) is 9.71. The number of carbonyl (C=O) groups excluding carboxylic acids is 1. The SMILES string of the molecule is CN(C(=O)c1cc(Cl)sc1Cl)C1CCCCC1. The molecule has 1 saturated carbocycles. The Hall–Kier alpha value is -0.250. The van der Waals surface area contributed by atoms with Crippen LogP contribution >= 0.6 is 34.5 Å². The van der Waals surface area contributed by atoms with E-state index in [1.165, 1.54) is 30.6 Å². The van der Waals surface area contributed by atoms with E-state index in [2.05, 4.69) is 0 Å². The molecule has 0 spiro atoms. The van der Waals surface area contributed by atoms with Crippen LogP contribution in [0.15, 0.2) is 6.07 Å². The number of nitrogens with zero attached hydrogens (tertiary/aromatic N) is 1. The molecule has 17 heavy (non-hydrogen) atoms. The van der Waals surface area contributed by atoms with Crippen molar-refractivity contribution < 1.29 is 4.79 Å². The molecule has 0 N–H and O–H groups in total. The first kappa shape index (κ1) is 13.2. The van der Waals surface area contributed by atoms with E-state index in [1.807, 2.05) is 11.9 Å². The molecule has 0 unspecified atom stereocenters. The molecular formula is C12H15Cl2NOS. The van der Waals surface area contributed by atoms with Crippen molar-refractivity contribution >= 4 is 40.4 Å². The predicted octanol–water partition coefficient (Wildman–Crippen LogP) is 4.46. The van der Waals surface area contributed by atoms with Gasteiger partial charge >= 0.3 is 0 Å². The fourth-order valence-electron chi connectivity index (χ4n) is 2.31. The number of thiophene rings is 1. The minimum Gasteiger partial charge on any atom is -0.339 e. The summed E-state index contributed by atoms with van der Waals surface area (Å²) in [6, 6.07) is 2.02.